The fourth-order valence-corrected chi connectivity index (χ4v) is 2.31. The van der Waals surface area contributed by atoms with Crippen LogP contribution in [0.5, 0.6) is 0 Å². The van der Waals surface area contributed by atoms with Crippen molar-refractivity contribution in [1.82, 2.24) is 4.90 Å². The second-order valence-corrected chi connectivity index (χ2v) is 5.12. The monoisotopic (exact) mass is 313 g/mol. The van der Waals surface area contributed by atoms with Crippen LogP contribution in [0.4, 0.5) is 0 Å². The summed E-state index contributed by atoms with van der Waals surface area (Å²) in [7, 11) is 0. The first kappa shape index (κ1) is 15.2. The van der Waals surface area contributed by atoms with E-state index in [-0.39, 0.29) is 18.6 Å². The first-order valence-electron chi connectivity index (χ1n) is 6.31. The summed E-state index contributed by atoms with van der Waals surface area (Å²) in [5.41, 5.74) is 0.665. The minimum absolute atomic E-state index is 0.00122. The molecular weight excluding hydrogens is 294 g/mol. The zero-order valence-corrected chi connectivity index (χ0v) is 12.5. The second kappa shape index (κ2) is 7.54. The Balaban J connectivity index is 2.91. The van der Waals surface area contributed by atoms with E-state index < -0.39 is 0 Å². The van der Waals surface area contributed by atoms with Crippen molar-refractivity contribution >= 4 is 21.8 Å². The van der Waals surface area contributed by atoms with Gasteiger partial charge in [-0.15, -0.1) is 0 Å². The van der Waals surface area contributed by atoms with Gasteiger partial charge in [0.2, 0.25) is 0 Å². The van der Waals surface area contributed by atoms with Gasteiger partial charge in [0.05, 0.1) is 6.61 Å². The Morgan fingerprint density at radius 1 is 1.28 bits per heavy atom. The highest BCUT2D eigenvalue weighted by molar-refractivity contribution is 9.10. The molecule has 0 aliphatic rings. The van der Waals surface area contributed by atoms with Crippen LogP contribution in [0, 0.1) is 0 Å². The summed E-state index contributed by atoms with van der Waals surface area (Å²) in [6.07, 6.45) is 1.80. The number of carbonyl (C=O) groups excluding carboxylic acids is 1. The summed E-state index contributed by atoms with van der Waals surface area (Å²) >= 11 is 3.35. The highest BCUT2D eigenvalue weighted by Gasteiger charge is 2.21. The number of carbonyl (C=O) groups is 1. The molecule has 0 saturated carbocycles. The number of hydrogen-bond donors (Lipinski definition) is 1. The van der Waals surface area contributed by atoms with E-state index in [0.717, 1.165) is 17.3 Å². The molecule has 0 aliphatic carbocycles. The van der Waals surface area contributed by atoms with Crippen molar-refractivity contribution in [2.75, 3.05) is 13.2 Å². The molecule has 0 spiro atoms. The van der Waals surface area contributed by atoms with Crippen LogP contribution < -0.4 is 0 Å². The van der Waals surface area contributed by atoms with Crippen molar-refractivity contribution in [2.45, 2.75) is 32.7 Å². The molecule has 0 fully saturated rings. The molecule has 0 atom stereocenters. The lowest BCUT2D eigenvalue weighted by Crippen LogP contribution is -2.41. The van der Waals surface area contributed by atoms with E-state index in [0.29, 0.717) is 12.1 Å². The molecule has 0 radical (unpaired) electrons. The van der Waals surface area contributed by atoms with E-state index in [1.807, 2.05) is 12.1 Å². The summed E-state index contributed by atoms with van der Waals surface area (Å²) < 4.78 is 0.954. The number of rotatable bonds is 6. The van der Waals surface area contributed by atoms with Crippen LogP contribution in [-0.4, -0.2) is 35.1 Å². The Morgan fingerprint density at radius 3 is 2.28 bits per heavy atom. The van der Waals surface area contributed by atoms with E-state index in [4.69, 9.17) is 5.11 Å². The molecule has 4 heteroatoms. The Labute approximate surface area is 117 Å². The SMILES string of the molecule is CCC(CC)N(CCO)C(=O)c1ccc(Br)cc1. The average molecular weight is 314 g/mol. The normalized spacial score (nSPS) is 10.7. The Bertz CT molecular complexity index is 374. The molecule has 1 aromatic rings. The van der Waals surface area contributed by atoms with Crippen molar-refractivity contribution < 1.29 is 9.90 Å². The van der Waals surface area contributed by atoms with Gasteiger partial charge in [-0.3, -0.25) is 4.79 Å². The van der Waals surface area contributed by atoms with E-state index in [2.05, 4.69) is 29.8 Å². The van der Waals surface area contributed by atoms with Gasteiger partial charge in [-0.05, 0) is 37.1 Å². The molecule has 1 aromatic carbocycles. The van der Waals surface area contributed by atoms with E-state index in [1.165, 1.54) is 0 Å². The predicted octanol–water partition coefficient (Wildman–Crippen LogP) is 3.07. The number of aliphatic hydroxyl groups excluding tert-OH is 1. The Hall–Kier alpha value is -0.870. The molecule has 100 valence electrons. The molecule has 1 N–H and O–H groups in total. The third-order valence-electron chi connectivity index (χ3n) is 3.08. The van der Waals surface area contributed by atoms with Gasteiger partial charge in [0.25, 0.3) is 5.91 Å². The molecule has 0 heterocycles. The first-order chi connectivity index (χ1) is 8.63. The van der Waals surface area contributed by atoms with E-state index in [9.17, 15) is 4.79 Å². The molecule has 1 amide bonds. The third-order valence-corrected chi connectivity index (χ3v) is 3.60. The molecule has 0 bridgehead atoms. The summed E-state index contributed by atoms with van der Waals surface area (Å²) in [6, 6.07) is 7.51. The van der Waals surface area contributed by atoms with Gasteiger partial charge >= 0.3 is 0 Å². The molecule has 18 heavy (non-hydrogen) atoms. The zero-order chi connectivity index (χ0) is 13.5. The summed E-state index contributed by atoms with van der Waals surface area (Å²) in [5.74, 6) is -0.00903. The fourth-order valence-electron chi connectivity index (χ4n) is 2.05. The van der Waals surface area contributed by atoms with Crippen molar-refractivity contribution in [1.29, 1.82) is 0 Å². The van der Waals surface area contributed by atoms with Crippen LogP contribution in [0.2, 0.25) is 0 Å². The van der Waals surface area contributed by atoms with Crippen LogP contribution in [0.1, 0.15) is 37.0 Å². The average Bonchev–Trinajstić information content (AvgIpc) is 2.39. The largest absolute Gasteiger partial charge is 0.395 e. The lowest BCUT2D eigenvalue weighted by Gasteiger charge is -2.30. The smallest absolute Gasteiger partial charge is 0.254 e. The van der Waals surface area contributed by atoms with Gasteiger partial charge in [0.15, 0.2) is 0 Å². The van der Waals surface area contributed by atoms with Gasteiger partial charge in [-0.25, -0.2) is 0 Å². The van der Waals surface area contributed by atoms with Gasteiger partial charge < -0.3 is 10.0 Å². The van der Waals surface area contributed by atoms with Gasteiger partial charge in [0, 0.05) is 22.6 Å². The highest BCUT2D eigenvalue weighted by atomic mass is 79.9. The Kier molecular flexibility index (Phi) is 6.36. The van der Waals surface area contributed by atoms with Crippen molar-refractivity contribution in [2.24, 2.45) is 0 Å². The lowest BCUT2D eigenvalue weighted by atomic mass is 10.1. The minimum atomic E-state index is -0.00903. The van der Waals surface area contributed by atoms with E-state index in [1.54, 1.807) is 17.0 Å². The highest BCUT2D eigenvalue weighted by Crippen LogP contribution is 2.16. The van der Waals surface area contributed by atoms with Crippen LogP contribution >= 0.6 is 15.9 Å². The number of benzene rings is 1. The maximum Gasteiger partial charge on any atom is 0.254 e. The third kappa shape index (κ3) is 3.82. The van der Waals surface area contributed by atoms with Crippen LogP contribution in [0.25, 0.3) is 0 Å². The Morgan fingerprint density at radius 2 is 1.83 bits per heavy atom. The second-order valence-electron chi connectivity index (χ2n) is 4.20. The molecular formula is C14H20BrNO2. The molecule has 0 saturated heterocycles. The first-order valence-corrected chi connectivity index (χ1v) is 7.10. The molecule has 3 nitrogen and oxygen atoms in total. The maximum atomic E-state index is 12.4. The van der Waals surface area contributed by atoms with Crippen LogP contribution in [-0.2, 0) is 0 Å². The standard InChI is InChI=1S/C14H20BrNO2/c1-3-13(4-2)16(9-10-17)14(18)11-5-7-12(15)8-6-11/h5-8,13,17H,3-4,9-10H2,1-2H3. The topological polar surface area (TPSA) is 40.5 Å². The number of halogens is 1. The van der Waals surface area contributed by atoms with Crippen molar-refractivity contribution in [3.8, 4) is 0 Å². The minimum Gasteiger partial charge on any atom is -0.395 e. The number of amides is 1. The van der Waals surface area contributed by atoms with Crippen molar-refractivity contribution in [3.63, 3.8) is 0 Å². The quantitative estimate of drug-likeness (QED) is 0.876. The fraction of sp³-hybridized carbons (Fsp3) is 0.500. The van der Waals surface area contributed by atoms with Gasteiger partial charge in [0.1, 0.15) is 0 Å². The lowest BCUT2D eigenvalue weighted by molar-refractivity contribution is 0.0622. The van der Waals surface area contributed by atoms with Gasteiger partial charge in [-0.2, -0.15) is 0 Å². The predicted molar refractivity (Wildman–Crippen MR) is 76.6 cm³/mol. The summed E-state index contributed by atoms with van der Waals surface area (Å²) in [6.45, 7) is 4.51. The van der Waals surface area contributed by atoms with Gasteiger partial charge in [-0.1, -0.05) is 29.8 Å². The van der Waals surface area contributed by atoms with E-state index >= 15 is 0 Å². The molecule has 1 rings (SSSR count). The number of nitrogens with zero attached hydrogens (tertiary/aromatic N) is 1. The molecule has 0 aromatic heterocycles. The maximum absolute atomic E-state index is 12.4. The molecule has 0 aliphatic heterocycles. The zero-order valence-electron chi connectivity index (χ0n) is 10.9. The van der Waals surface area contributed by atoms with Crippen LogP contribution in [0.15, 0.2) is 28.7 Å². The number of aliphatic hydroxyl groups is 1. The van der Waals surface area contributed by atoms with Crippen molar-refractivity contribution in [3.05, 3.63) is 34.3 Å². The summed E-state index contributed by atoms with van der Waals surface area (Å²) in [5, 5.41) is 9.12. The summed E-state index contributed by atoms with van der Waals surface area (Å²) in [4.78, 5) is 14.2. The number of hydrogen-bond acceptors (Lipinski definition) is 2. The molecule has 0 unspecified atom stereocenters. The van der Waals surface area contributed by atoms with Crippen LogP contribution in [0.3, 0.4) is 0 Å².